The number of rotatable bonds is 51. The Balaban J connectivity index is 4.42. The summed E-state index contributed by atoms with van der Waals surface area (Å²) in [7, 11) is 0. The van der Waals surface area contributed by atoms with Gasteiger partial charge >= 0.3 is 11.9 Å². The van der Waals surface area contributed by atoms with Gasteiger partial charge in [0.2, 0.25) is 0 Å². The van der Waals surface area contributed by atoms with Gasteiger partial charge in [0.05, 0.1) is 6.61 Å². The Hall–Kier alpha value is -3.96. The molecule has 0 radical (unpaired) electrons. The van der Waals surface area contributed by atoms with Crippen LogP contribution in [0.25, 0.3) is 0 Å². The van der Waals surface area contributed by atoms with Gasteiger partial charge in [-0.3, -0.25) is 9.59 Å². The van der Waals surface area contributed by atoms with Gasteiger partial charge in [0.1, 0.15) is 6.61 Å². The zero-order chi connectivity index (χ0) is 50.6. The van der Waals surface area contributed by atoms with Gasteiger partial charge < -0.3 is 14.2 Å². The molecular formula is C65H106O5. The van der Waals surface area contributed by atoms with Crippen molar-refractivity contribution in [2.75, 3.05) is 19.8 Å². The van der Waals surface area contributed by atoms with Crippen molar-refractivity contribution < 1.29 is 23.8 Å². The molecule has 0 aromatic heterocycles. The number of ether oxygens (including phenoxy) is 3. The number of unbranched alkanes of at least 4 members (excludes halogenated alkanes) is 18. The first-order valence-corrected chi connectivity index (χ1v) is 28.7. The van der Waals surface area contributed by atoms with Crippen LogP contribution in [0.2, 0.25) is 0 Å². The van der Waals surface area contributed by atoms with E-state index in [0.29, 0.717) is 19.4 Å². The average Bonchev–Trinajstić information content (AvgIpc) is 3.36. The van der Waals surface area contributed by atoms with E-state index in [2.05, 4.69) is 154 Å². The van der Waals surface area contributed by atoms with Crippen LogP contribution in [0.1, 0.15) is 239 Å². The van der Waals surface area contributed by atoms with Gasteiger partial charge in [-0.2, -0.15) is 0 Å². The fourth-order valence-electron chi connectivity index (χ4n) is 7.45. The summed E-state index contributed by atoms with van der Waals surface area (Å²) in [6.45, 7) is 7.41. The third kappa shape index (κ3) is 56.6. The Morgan fingerprint density at radius 3 is 1.03 bits per heavy atom. The van der Waals surface area contributed by atoms with Gasteiger partial charge in [0.15, 0.2) is 6.10 Å². The third-order valence-corrected chi connectivity index (χ3v) is 11.7. The minimum atomic E-state index is -0.588. The predicted octanol–water partition coefficient (Wildman–Crippen LogP) is 19.9. The lowest BCUT2D eigenvalue weighted by Gasteiger charge is -2.18. The van der Waals surface area contributed by atoms with Crippen LogP contribution in [-0.2, 0) is 23.8 Å². The summed E-state index contributed by atoms with van der Waals surface area (Å²) in [5, 5.41) is 0. The lowest BCUT2D eigenvalue weighted by molar-refractivity contribution is -0.163. The standard InChI is InChI=1S/C65H106O5/c1-4-7-10-13-16-19-22-25-28-30-32-34-36-39-42-45-48-51-54-57-60-68-61-63(70-65(67)59-56-53-50-47-44-41-37-27-24-21-18-15-12-9-6-3)62-69-64(66)58-55-52-49-46-43-40-38-35-33-31-29-26-23-20-17-14-11-8-5-2/h7,9-10,12,16-21,25-29,32,34,37,39,42,48,51,63H,4-6,8,11,13-15,22-24,30-31,33,35-36,38,40-41,43-47,49-50,52-62H2,1-3H3/b10-7-,12-9-,19-16-,20-17-,21-18-,28-25-,29-26-,34-32-,37-27-,42-39-,51-48-. The predicted molar refractivity (Wildman–Crippen MR) is 306 cm³/mol. The van der Waals surface area contributed by atoms with Crippen molar-refractivity contribution in [1.29, 1.82) is 0 Å². The van der Waals surface area contributed by atoms with E-state index in [1.54, 1.807) is 0 Å². The SMILES string of the molecule is CC/C=C\C/C=C\C/C=C\C/C=C\C/C=C\C/C=C\CCCOCC(COC(=O)CCCCCCCCCCC/C=C\C/C=C\CCCCC)OC(=O)CCCCCCC/C=C\C/C=C\C/C=C\CC. The van der Waals surface area contributed by atoms with Gasteiger partial charge in [-0.25, -0.2) is 0 Å². The smallest absolute Gasteiger partial charge is 0.306 e. The van der Waals surface area contributed by atoms with E-state index in [1.807, 2.05) is 0 Å². The Labute approximate surface area is 432 Å². The summed E-state index contributed by atoms with van der Waals surface area (Å²) in [6.07, 6.45) is 84.8. The summed E-state index contributed by atoms with van der Waals surface area (Å²) >= 11 is 0. The maximum absolute atomic E-state index is 12.9. The highest BCUT2D eigenvalue weighted by molar-refractivity contribution is 5.70. The molecule has 1 atom stereocenters. The molecule has 0 aromatic rings. The Morgan fingerprint density at radius 1 is 0.329 bits per heavy atom. The van der Waals surface area contributed by atoms with Crippen molar-refractivity contribution in [2.24, 2.45) is 0 Å². The fourth-order valence-corrected chi connectivity index (χ4v) is 7.45. The maximum Gasteiger partial charge on any atom is 0.306 e. The molecule has 0 amide bonds. The molecule has 5 heteroatoms. The van der Waals surface area contributed by atoms with Crippen molar-refractivity contribution >= 4 is 11.9 Å². The number of allylic oxidation sites excluding steroid dienone is 22. The molecule has 5 nitrogen and oxygen atoms in total. The average molecular weight is 968 g/mol. The molecule has 396 valence electrons. The first kappa shape index (κ1) is 66.0. The maximum atomic E-state index is 12.9. The van der Waals surface area contributed by atoms with Gasteiger partial charge in [0, 0.05) is 19.4 Å². The van der Waals surface area contributed by atoms with Crippen LogP contribution < -0.4 is 0 Å². The zero-order valence-electron chi connectivity index (χ0n) is 45.5. The normalized spacial score (nSPS) is 13.2. The molecule has 0 saturated heterocycles. The van der Waals surface area contributed by atoms with Crippen LogP contribution in [0.15, 0.2) is 134 Å². The van der Waals surface area contributed by atoms with E-state index < -0.39 is 6.10 Å². The van der Waals surface area contributed by atoms with Crippen LogP contribution in [0.4, 0.5) is 0 Å². The molecule has 0 fully saturated rings. The largest absolute Gasteiger partial charge is 0.462 e. The quantitative estimate of drug-likeness (QED) is 0.0345. The lowest BCUT2D eigenvalue weighted by Crippen LogP contribution is -2.30. The third-order valence-electron chi connectivity index (χ3n) is 11.7. The van der Waals surface area contributed by atoms with E-state index in [4.69, 9.17) is 14.2 Å². The first-order chi connectivity index (χ1) is 34.6. The molecule has 1 unspecified atom stereocenters. The summed E-state index contributed by atoms with van der Waals surface area (Å²) in [6, 6.07) is 0. The lowest BCUT2D eigenvalue weighted by atomic mass is 10.1. The van der Waals surface area contributed by atoms with Crippen LogP contribution in [0.3, 0.4) is 0 Å². The molecule has 0 N–H and O–H groups in total. The van der Waals surface area contributed by atoms with Crippen LogP contribution in [-0.4, -0.2) is 37.9 Å². The molecule has 0 saturated carbocycles. The molecule has 0 heterocycles. The van der Waals surface area contributed by atoms with E-state index in [0.717, 1.165) is 128 Å². The summed E-state index contributed by atoms with van der Waals surface area (Å²) in [5.74, 6) is -0.459. The Kier molecular flexibility index (Phi) is 56.0. The van der Waals surface area contributed by atoms with Crippen molar-refractivity contribution in [3.8, 4) is 0 Å². The molecule has 0 aliphatic rings. The van der Waals surface area contributed by atoms with E-state index in [-0.39, 0.29) is 25.2 Å². The number of esters is 2. The summed E-state index contributed by atoms with van der Waals surface area (Å²) < 4.78 is 17.4. The second kappa shape index (κ2) is 59.3. The van der Waals surface area contributed by atoms with Crippen LogP contribution in [0.5, 0.6) is 0 Å². The molecule has 0 rings (SSSR count). The van der Waals surface area contributed by atoms with Crippen molar-refractivity contribution in [1.82, 2.24) is 0 Å². The highest BCUT2D eigenvalue weighted by atomic mass is 16.6. The highest BCUT2D eigenvalue weighted by Gasteiger charge is 2.17. The van der Waals surface area contributed by atoms with Gasteiger partial charge in [-0.15, -0.1) is 0 Å². The summed E-state index contributed by atoms with van der Waals surface area (Å²) in [5.41, 5.74) is 0. The first-order valence-electron chi connectivity index (χ1n) is 28.7. The molecular weight excluding hydrogens is 861 g/mol. The van der Waals surface area contributed by atoms with E-state index >= 15 is 0 Å². The second-order valence-electron chi connectivity index (χ2n) is 18.4. The number of carbonyl (C=O) groups is 2. The second-order valence-corrected chi connectivity index (χ2v) is 18.4. The van der Waals surface area contributed by atoms with Gasteiger partial charge in [0.25, 0.3) is 0 Å². The molecule has 0 aromatic carbocycles. The topological polar surface area (TPSA) is 61.8 Å². The molecule has 70 heavy (non-hydrogen) atoms. The fraction of sp³-hybridized carbons (Fsp3) is 0.631. The van der Waals surface area contributed by atoms with Crippen LogP contribution in [0, 0.1) is 0 Å². The molecule has 0 aliphatic carbocycles. The minimum absolute atomic E-state index is 0.0445. The van der Waals surface area contributed by atoms with Crippen molar-refractivity contribution in [3.05, 3.63) is 134 Å². The van der Waals surface area contributed by atoms with Gasteiger partial charge in [-0.1, -0.05) is 231 Å². The summed E-state index contributed by atoms with van der Waals surface area (Å²) in [4.78, 5) is 25.5. The van der Waals surface area contributed by atoms with Crippen LogP contribution >= 0.6 is 0 Å². The molecule has 0 aliphatic heterocycles. The van der Waals surface area contributed by atoms with E-state index in [9.17, 15) is 9.59 Å². The molecule has 0 spiro atoms. The number of hydrogen-bond donors (Lipinski definition) is 0. The number of carbonyl (C=O) groups excluding carboxylic acids is 2. The monoisotopic (exact) mass is 967 g/mol. The van der Waals surface area contributed by atoms with Crippen molar-refractivity contribution in [2.45, 2.75) is 245 Å². The Bertz CT molecular complexity index is 1470. The highest BCUT2D eigenvalue weighted by Crippen LogP contribution is 2.14. The Morgan fingerprint density at radius 2 is 0.643 bits per heavy atom. The number of hydrogen-bond acceptors (Lipinski definition) is 5. The van der Waals surface area contributed by atoms with Crippen molar-refractivity contribution in [3.63, 3.8) is 0 Å². The van der Waals surface area contributed by atoms with Gasteiger partial charge in [-0.05, 0) is 128 Å². The minimum Gasteiger partial charge on any atom is -0.462 e. The molecule has 0 bridgehead atoms. The zero-order valence-corrected chi connectivity index (χ0v) is 45.5. The van der Waals surface area contributed by atoms with E-state index in [1.165, 1.54) is 77.0 Å².